The molecule has 0 radical (unpaired) electrons. The molecule has 0 unspecified atom stereocenters. The second-order valence-electron chi connectivity index (χ2n) is 5.64. The number of rotatable bonds is 4. The summed E-state index contributed by atoms with van der Waals surface area (Å²) >= 11 is 6.21. The zero-order chi connectivity index (χ0) is 17.9. The molecule has 3 aromatic rings. The van der Waals surface area contributed by atoms with Crippen LogP contribution in [0.5, 0.6) is 11.5 Å². The van der Waals surface area contributed by atoms with Crippen molar-refractivity contribution in [1.82, 2.24) is 20.3 Å². The van der Waals surface area contributed by atoms with Crippen molar-refractivity contribution in [3.8, 4) is 17.2 Å². The van der Waals surface area contributed by atoms with Crippen LogP contribution in [0.15, 0.2) is 48.7 Å². The lowest BCUT2D eigenvalue weighted by Crippen LogP contribution is -2.24. The van der Waals surface area contributed by atoms with E-state index in [0.29, 0.717) is 29.7 Å². The van der Waals surface area contributed by atoms with E-state index in [1.165, 1.54) is 11.0 Å². The molecule has 0 aliphatic carbocycles. The van der Waals surface area contributed by atoms with Gasteiger partial charge in [0.25, 0.3) is 5.91 Å². The molecule has 0 fully saturated rings. The molecule has 1 aliphatic rings. The van der Waals surface area contributed by atoms with Crippen LogP contribution in [0.4, 0.5) is 0 Å². The Balaban J connectivity index is 1.45. The molecule has 26 heavy (non-hydrogen) atoms. The molecule has 2 heterocycles. The fourth-order valence-corrected chi connectivity index (χ4v) is 2.88. The molecule has 1 aromatic heterocycles. The highest BCUT2D eigenvalue weighted by atomic mass is 35.5. The third-order valence-electron chi connectivity index (χ3n) is 3.82. The van der Waals surface area contributed by atoms with E-state index in [0.717, 1.165) is 11.3 Å². The Morgan fingerprint density at radius 2 is 2.00 bits per heavy atom. The first-order chi connectivity index (χ1) is 12.7. The van der Waals surface area contributed by atoms with E-state index in [-0.39, 0.29) is 18.1 Å². The fourth-order valence-electron chi connectivity index (χ4n) is 2.59. The average molecular weight is 371 g/mol. The zero-order valence-electron chi connectivity index (χ0n) is 13.7. The molecule has 1 N–H and O–H groups in total. The Labute approximate surface area is 154 Å². The fraction of sp³-hybridized carbons (Fsp3) is 0.167. The number of amides is 1. The summed E-state index contributed by atoms with van der Waals surface area (Å²) in [5.41, 5.74) is 1.82. The third kappa shape index (κ3) is 3.34. The van der Waals surface area contributed by atoms with Crippen LogP contribution in [0.3, 0.4) is 0 Å². The van der Waals surface area contributed by atoms with Gasteiger partial charge in [-0.15, -0.1) is 5.10 Å². The molecule has 4 rings (SSSR count). The minimum Gasteiger partial charge on any atom is -0.486 e. The van der Waals surface area contributed by atoms with E-state index in [4.69, 9.17) is 21.1 Å². The van der Waals surface area contributed by atoms with Crippen molar-refractivity contribution in [3.63, 3.8) is 0 Å². The highest BCUT2D eigenvalue weighted by Crippen LogP contribution is 2.38. The number of carbonyl (C=O) groups excluding carboxylic acids is 1. The molecular formula is C18H15ClN4O3. The highest BCUT2D eigenvalue weighted by Gasteiger charge is 2.17. The molecule has 2 aromatic carbocycles. The third-order valence-corrected chi connectivity index (χ3v) is 4.10. The number of nitrogens with one attached hydrogen (secondary N) is 1. The number of fused-ring (bicyclic) bond motifs is 1. The van der Waals surface area contributed by atoms with Crippen LogP contribution in [0, 0.1) is 0 Å². The largest absolute Gasteiger partial charge is 0.486 e. The van der Waals surface area contributed by atoms with Gasteiger partial charge >= 0.3 is 0 Å². The van der Waals surface area contributed by atoms with Gasteiger partial charge in [0.1, 0.15) is 13.2 Å². The second kappa shape index (κ2) is 7.05. The van der Waals surface area contributed by atoms with Crippen LogP contribution in [0.25, 0.3) is 5.69 Å². The molecule has 132 valence electrons. The lowest BCUT2D eigenvalue weighted by molar-refractivity contribution is 0.0945. The predicted octanol–water partition coefficient (Wildman–Crippen LogP) is 2.62. The average Bonchev–Trinajstić information content (AvgIpc) is 3.17. The van der Waals surface area contributed by atoms with Crippen LogP contribution in [-0.2, 0) is 6.54 Å². The lowest BCUT2D eigenvalue weighted by atomic mass is 10.2. The van der Waals surface area contributed by atoms with E-state index in [2.05, 4.69) is 15.5 Å². The van der Waals surface area contributed by atoms with Gasteiger partial charge in [0, 0.05) is 6.54 Å². The van der Waals surface area contributed by atoms with Crippen LogP contribution in [0.1, 0.15) is 16.1 Å². The number of para-hydroxylation sites is 1. The van der Waals surface area contributed by atoms with Crippen molar-refractivity contribution in [1.29, 1.82) is 0 Å². The smallest absolute Gasteiger partial charge is 0.273 e. The van der Waals surface area contributed by atoms with Crippen molar-refractivity contribution in [2.24, 2.45) is 0 Å². The molecule has 1 aliphatic heterocycles. The summed E-state index contributed by atoms with van der Waals surface area (Å²) in [6.45, 7) is 1.23. The van der Waals surface area contributed by atoms with E-state index >= 15 is 0 Å². The molecule has 1 amide bonds. The number of aromatic nitrogens is 3. The highest BCUT2D eigenvalue weighted by molar-refractivity contribution is 6.32. The van der Waals surface area contributed by atoms with Gasteiger partial charge in [0.05, 0.1) is 16.9 Å². The molecule has 8 heteroatoms. The predicted molar refractivity (Wildman–Crippen MR) is 95.0 cm³/mol. The van der Waals surface area contributed by atoms with Gasteiger partial charge < -0.3 is 14.8 Å². The number of hydrogen-bond acceptors (Lipinski definition) is 5. The quantitative estimate of drug-likeness (QED) is 0.763. The summed E-state index contributed by atoms with van der Waals surface area (Å²) in [7, 11) is 0. The molecule has 0 saturated heterocycles. The molecule has 0 bridgehead atoms. The van der Waals surface area contributed by atoms with Gasteiger partial charge in [0.2, 0.25) is 0 Å². The van der Waals surface area contributed by atoms with Crippen LogP contribution >= 0.6 is 11.6 Å². The van der Waals surface area contributed by atoms with Crippen molar-refractivity contribution in [2.45, 2.75) is 6.54 Å². The maximum atomic E-state index is 12.3. The SMILES string of the molecule is O=C(NCc1cc(Cl)c2c(c1)OCCO2)c1cnn(-c2ccccc2)n1. The summed E-state index contributed by atoms with van der Waals surface area (Å²) in [6.07, 6.45) is 1.43. The Kier molecular flexibility index (Phi) is 4.45. The Morgan fingerprint density at radius 3 is 2.85 bits per heavy atom. The number of nitrogens with zero attached hydrogens (tertiary/aromatic N) is 3. The van der Waals surface area contributed by atoms with E-state index in [1.807, 2.05) is 36.4 Å². The normalized spacial score (nSPS) is 12.7. The first-order valence-corrected chi connectivity index (χ1v) is 8.42. The summed E-state index contributed by atoms with van der Waals surface area (Å²) in [5, 5.41) is 11.6. The van der Waals surface area contributed by atoms with Crippen LogP contribution < -0.4 is 14.8 Å². The number of halogens is 1. The first kappa shape index (κ1) is 16.4. The molecular weight excluding hydrogens is 356 g/mol. The van der Waals surface area contributed by atoms with Gasteiger partial charge in [-0.3, -0.25) is 4.79 Å². The van der Waals surface area contributed by atoms with Crippen LogP contribution in [-0.4, -0.2) is 34.1 Å². The lowest BCUT2D eigenvalue weighted by Gasteiger charge is -2.20. The van der Waals surface area contributed by atoms with Gasteiger partial charge in [0.15, 0.2) is 17.2 Å². The van der Waals surface area contributed by atoms with Crippen molar-refractivity contribution in [3.05, 3.63) is 64.9 Å². The molecule has 0 atom stereocenters. The number of ether oxygens (including phenoxy) is 2. The number of hydrogen-bond donors (Lipinski definition) is 1. The van der Waals surface area contributed by atoms with E-state index in [1.54, 1.807) is 6.07 Å². The minimum atomic E-state index is -0.321. The molecule has 7 nitrogen and oxygen atoms in total. The Hall–Kier alpha value is -3.06. The van der Waals surface area contributed by atoms with E-state index < -0.39 is 0 Å². The minimum absolute atomic E-state index is 0.234. The van der Waals surface area contributed by atoms with E-state index in [9.17, 15) is 4.79 Å². The van der Waals surface area contributed by atoms with Crippen molar-refractivity contribution < 1.29 is 14.3 Å². The standard InChI is InChI=1S/C18H15ClN4O3/c19-14-8-12(9-16-17(14)26-7-6-25-16)10-20-18(24)15-11-21-23(22-15)13-4-2-1-3-5-13/h1-5,8-9,11H,6-7,10H2,(H,20,24). The van der Waals surface area contributed by atoms with Crippen molar-refractivity contribution >= 4 is 17.5 Å². The summed E-state index contributed by atoms with van der Waals surface area (Å²) in [5.74, 6) is 0.806. The monoisotopic (exact) mass is 370 g/mol. The first-order valence-electron chi connectivity index (χ1n) is 8.05. The number of benzene rings is 2. The Bertz CT molecular complexity index is 943. The zero-order valence-corrected chi connectivity index (χ0v) is 14.4. The molecule has 0 spiro atoms. The maximum absolute atomic E-state index is 12.3. The van der Waals surface area contributed by atoms with Gasteiger partial charge in [-0.2, -0.15) is 9.90 Å². The van der Waals surface area contributed by atoms with Gasteiger partial charge in [-0.1, -0.05) is 29.8 Å². The number of carbonyl (C=O) groups is 1. The van der Waals surface area contributed by atoms with Gasteiger partial charge in [-0.25, -0.2) is 0 Å². The summed E-state index contributed by atoms with van der Waals surface area (Å²) < 4.78 is 11.0. The summed E-state index contributed by atoms with van der Waals surface area (Å²) in [4.78, 5) is 13.7. The molecule has 0 saturated carbocycles. The van der Waals surface area contributed by atoms with Crippen LogP contribution in [0.2, 0.25) is 5.02 Å². The summed E-state index contributed by atoms with van der Waals surface area (Å²) in [6, 6.07) is 12.9. The topological polar surface area (TPSA) is 78.3 Å². The maximum Gasteiger partial charge on any atom is 0.273 e. The Morgan fingerprint density at radius 1 is 1.19 bits per heavy atom. The second-order valence-corrected chi connectivity index (χ2v) is 6.05. The van der Waals surface area contributed by atoms with Crippen molar-refractivity contribution in [2.75, 3.05) is 13.2 Å². The van der Waals surface area contributed by atoms with Gasteiger partial charge in [-0.05, 0) is 29.8 Å².